The molecule has 0 radical (unpaired) electrons. The van der Waals surface area contributed by atoms with E-state index in [9.17, 15) is 8.42 Å². The van der Waals surface area contributed by atoms with Crippen LogP contribution in [0.1, 0.15) is 11.1 Å². The van der Waals surface area contributed by atoms with Crippen LogP contribution in [0.15, 0.2) is 47.6 Å². The number of sulfonamides is 1. The Morgan fingerprint density at radius 3 is 2.52 bits per heavy atom. The predicted molar refractivity (Wildman–Crippen MR) is 85.6 cm³/mol. The minimum atomic E-state index is -3.66. The van der Waals surface area contributed by atoms with Gasteiger partial charge in [-0.25, -0.2) is 13.1 Å². The topological polar surface area (TPSA) is 85.1 Å². The van der Waals surface area contributed by atoms with Crippen LogP contribution in [-0.2, 0) is 16.6 Å². The minimum absolute atomic E-state index is 0.0570. The van der Waals surface area contributed by atoms with Crippen LogP contribution in [0.5, 0.6) is 0 Å². The highest BCUT2D eigenvalue weighted by atomic mass is 35.5. The summed E-state index contributed by atoms with van der Waals surface area (Å²) in [5, 5.41) is 0.203. The Morgan fingerprint density at radius 2 is 1.95 bits per heavy atom. The van der Waals surface area contributed by atoms with Crippen molar-refractivity contribution in [3.63, 3.8) is 0 Å². The monoisotopic (exact) mass is 341 g/mol. The van der Waals surface area contributed by atoms with Gasteiger partial charge in [0.2, 0.25) is 10.0 Å². The molecule has 3 N–H and O–H groups in total. The molecule has 1 aromatic carbocycles. The molecular weight excluding hydrogens is 330 g/mol. The van der Waals surface area contributed by atoms with E-state index in [-0.39, 0.29) is 21.5 Å². The molecule has 0 unspecified atom stereocenters. The lowest BCUT2D eigenvalue weighted by atomic mass is 10.2. The Balaban J connectivity index is 2.20. The number of benzene rings is 1. The van der Waals surface area contributed by atoms with Crippen LogP contribution >= 0.6 is 23.8 Å². The maximum atomic E-state index is 12.2. The summed E-state index contributed by atoms with van der Waals surface area (Å²) in [7, 11) is -3.66. The molecule has 0 bridgehead atoms. The van der Waals surface area contributed by atoms with Gasteiger partial charge in [0, 0.05) is 24.5 Å². The first-order chi connectivity index (χ1) is 9.90. The van der Waals surface area contributed by atoms with Crippen LogP contribution in [0, 0.1) is 0 Å². The number of rotatable bonds is 5. The van der Waals surface area contributed by atoms with E-state index in [4.69, 9.17) is 29.6 Å². The Bertz CT molecular complexity index is 764. The molecule has 0 atom stereocenters. The predicted octanol–water partition coefficient (Wildman–Crippen LogP) is 1.85. The van der Waals surface area contributed by atoms with Crippen LogP contribution in [-0.4, -0.2) is 18.4 Å². The van der Waals surface area contributed by atoms with Crippen molar-refractivity contribution in [2.75, 3.05) is 0 Å². The molecule has 0 aliphatic carbocycles. The van der Waals surface area contributed by atoms with E-state index in [2.05, 4.69) is 9.71 Å². The molecule has 0 saturated carbocycles. The smallest absolute Gasteiger partial charge is 0.240 e. The summed E-state index contributed by atoms with van der Waals surface area (Å²) in [6.07, 6.45) is 3.19. The van der Waals surface area contributed by atoms with Crippen molar-refractivity contribution in [3.8, 4) is 0 Å². The zero-order valence-electron chi connectivity index (χ0n) is 10.8. The van der Waals surface area contributed by atoms with E-state index in [1.54, 1.807) is 24.5 Å². The third kappa shape index (κ3) is 3.98. The first-order valence-electron chi connectivity index (χ1n) is 5.88. The number of nitrogens with two attached hydrogens (primary N) is 1. The fourth-order valence-electron chi connectivity index (χ4n) is 1.63. The Kier molecular flexibility index (Phi) is 4.89. The maximum Gasteiger partial charge on any atom is 0.240 e. The molecule has 2 rings (SSSR count). The lowest BCUT2D eigenvalue weighted by Crippen LogP contribution is -2.23. The molecule has 0 spiro atoms. The van der Waals surface area contributed by atoms with Crippen LogP contribution in [0.4, 0.5) is 0 Å². The van der Waals surface area contributed by atoms with E-state index in [1.165, 1.54) is 18.2 Å². The van der Waals surface area contributed by atoms with Crippen LogP contribution in [0.3, 0.4) is 0 Å². The van der Waals surface area contributed by atoms with Gasteiger partial charge in [-0.1, -0.05) is 23.8 Å². The molecule has 0 amide bonds. The van der Waals surface area contributed by atoms with Gasteiger partial charge in [-0.2, -0.15) is 0 Å². The number of nitrogens with zero attached hydrogens (tertiary/aromatic N) is 1. The number of hydrogen-bond donors (Lipinski definition) is 2. The second kappa shape index (κ2) is 6.48. The number of thiocarbonyl (C=S) groups is 1. The van der Waals surface area contributed by atoms with Gasteiger partial charge in [0.05, 0.1) is 9.92 Å². The molecule has 0 saturated heterocycles. The van der Waals surface area contributed by atoms with Crippen LogP contribution in [0.2, 0.25) is 5.02 Å². The number of pyridine rings is 1. The molecule has 21 heavy (non-hydrogen) atoms. The van der Waals surface area contributed by atoms with Gasteiger partial charge in [-0.15, -0.1) is 0 Å². The Labute approximate surface area is 133 Å². The summed E-state index contributed by atoms with van der Waals surface area (Å²) in [5.74, 6) is 0. The number of nitrogens with one attached hydrogen (secondary N) is 1. The zero-order chi connectivity index (χ0) is 15.5. The molecular formula is C13H12ClN3O2S2. The lowest BCUT2D eigenvalue weighted by Gasteiger charge is -2.09. The van der Waals surface area contributed by atoms with E-state index < -0.39 is 10.0 Å². The largest absolute Gasteiger partial charge is 0.389 e. The Hall–Kier alpha value is -1.54. The van der Waals surface area contributed by atoms with Crippen molar-refractivity contribution >= 4 is 38.8 Å². The second-order valence-corrected chi connectivity index (χ2v) is 6.80. The average Bonchev–Trinajstić information content (AvgIpc) is 2.46. The van der Waals surface area contributed by atoms with Crippen molar-refractivity contribution < 1.29 is 8.42 Å². The summed E-state index contributed by atoms with van der Waals surface area (Å²) >= 11 is 10.8. The third-order valence-electron chi connectivity index (χ3n) is 2.73. The van der Waals surface area contributed by atoms with Gasteiger partial charge in [0.25, 0.3) is 0 Å². The molecule has 110 valence electrons. The summed E-state index contributed by atoms with van der Waals surface area (Å²) in [6.45, 7) is 0.166. The maximum absolute atomic E-state index is 12.2. The second-order valence-electron chi connectivity index (χ2n) is 4.19. The zero-order valence-corrected chi connectivity index (χ0v) is 13.2. The molecule has 1 aromatic heterocycles. The van der Waals surface area contributed by atoms with Gasteiger partial charge >= 0.3 is 0 Å². The lowest BCUT2D eigenvalue weighted by molar-refractivity contribution is 0.581. The highest BCUT2D eigenvalue weighted by Gasteiger charge is 2.16. The van der Waals surface area contributed by atoms with Crippen LogP contribution < -0.4 is 10.5 Å². The number of hydrogen-bond acceptors (Lipinski definition) is 4. The molecule has 0 aliphatic rings. The first-order valence-corrected chi connectivity index (χ1v) is 8.15. The fourth-order valence-corrected chi connectivity index (χ4v) is 3.25. The van der Waals surface area contributed by atoms with E-state index >= 15 is 0 Å². The normalized spacial score (nSPS) is 11.3. The summed E-state index contributed by atoms with van der Waals surface area (Å²) < 4.78 is 26.9. The molecule has 2 aromatic rings. The standard InChI is InChI=1S/C13H12ClN3O2S2/c14-12-7-10(1-2-11(12)13(15)20)21(18,19)17-8-9-3-5-16-6-4-9/h1-7,17H,8H2,(H2,15,20). The first kappa shape index (κ1) is 15.8. The molecule has 5 nitrogen and oxygen atoms in total. The van der Waals surface area contributed by atoms with Gasteiger partial charge in [0.15, 0.2) is 0 Å². The summed E-state index contributed by atoms with van der Waals surface area (Å²) in [5.41, 5.74) is 6.73. The Morgan fingerprint density at radius 1 is 1.29 bits per heavy atom. The van der Waals surface area contributed by atoms with Gasteiger partial charge in [0.1, 0.15) is 4.99 Å². The average molecular weight is 342 g/mol. The van der Waals surface area contributed by atoms with Crippen molar-refractivity contribution in [3.05, 3.63) is 58.9 Å². The summed E-state index contributed by atoms with van der Waals surface area (Å²) in [4.78, 5) is 4.04. The molecule has 1 heterocycles. The van der Waals surface area contributed by atoms with Gasteiger partial charge < -0.3 is 5.73 Å². The highest BCUT2D eigenvalue weighted by molar-refractivity contribution is 7.89. The number of aromatic nitrogens is 1. The van der Waals surface area contributed by atoms with Crippen molar-refractivity contribution in [2.24, 2.45) is 5.73 Å². The quantitative estimate of drug-likeness (QED) is 0.811. The molecule has 8 heteroatoms. The molecule has 0 fully saturated rings. The van der Waals surface area contributed by atoms with Gasteiger partial charge in [-0.3, -0.25) is 4.98 Å². The fraction of sp³-hybridized carbons (Fsp3) is 0.0769. The number of halogens is 1. The highest BCUT2D eigenvalue weighted by Crippen LogP contribution is 2.21. The van der Waals surface area contributed by atoms with E-state index in [0.29, 0.717) is 5.56 Å². The van der Waals surface area contributed by atoms with Crippen molar-refractivity contribution in [1.29, 1.82) is 0 Å². The molecule has 0 aliphatic heterocycles. The van der Waals surface area contributed by atoms with Gasteiger partial charge in [-0.05, 0) is 35.9 Å². The summed E-state index contributed by atoms with van der Waals surface area (Å²) in [6, 6.07) is 7.68. The van der Waals surface area contributed by atoms with Crippen LogP contribution in [0.25, 0.3) is 0 Å². The van der Waals surface area contributed by atoms with Crippen molar-refractivity contribution in [1.82, 2.24) is 9.71 Å². The SMILES string of the molecule is NC(=S)c1ccc(S(=O)(=O)NCc2ccncc2)cc1Cl. The van der Waals surface area contributed by atoms with E-state index in [1.807, 2.05) is 0 Å². The van der Waals surface area contributed by atoms with E-state index in [0.717, 1.165) is 5.56 Å². The van der Waals surface area contributed by atoms with Crippen molar-refractivity contribution in [2.45, 2.75) is 11.4 Å². The minimum Gasteiger partial charge on any atom is -0.389 e. The third-order valence-corrected chi connectivity index (χ3v) is 4.66.